The van der Waals surface area contributed by atoms with Crippen LogP contribution in [0.15, 0.2) is 30.3 Å². The molecule has 0 saturated heterocycles. The van der Waals surface area contributed by atoms with E-state index in [1.165, 1.54) is 0 Å². The second-order valence-corrected chi connectivity index (χ2v) is 5.87. The van der Waals surface area contributed by atoms with Crippen molar-refractivity contribution in [3.63, 3.8) is 0 Å². The van der Waals surface area contributed by atoms with Gasteiger partial charge in [0.1, 0.15) is 5.54 Å². The number of nitriles is 1. The lowest BCUT2D eigenvalue weighted by Gasteiger charge is -2.41. The number of ether oxygens (including phenoxy) is 1. The van der Waals surface area contributed by atoms with Gasteiger partial charge in [0.05, 0.1) is 32.2 Å². The Morgan fingerprint density at radius 2 is 2.00 bits per heavy atom. The molecule has 5 heteroatoms. The monoisotopic (exact) mass is 316 g/mol. The van der Waals surface area contributed by atoms with E-state index in [9.17, 15) is 10.1 Å². The summed E-state index contributed by atoms with van der Waals surface area (Å²) in [5.74, 6) is -0.252. The normalized spacial score (nSPS) is 24.2. The standard InChI is InChI=1S/C18H24N2O3/c1-3-23-17(21)16-9-11-18(14-19,12-10-16)20(22-2)13-15-7-5-4-6-8-15/h4-8,16H,3,9-13H2,1-2H3. The molecule has 0 unspecified atom stereocenters. The van der Waals surface area contributed by atoms with Gasteiger partial charge < -0.3 is 9.57 Å². The summed E-state index contributed by atoms with van der Waals surface area (Å²) in [5.41, 5.74) is 0.407. The van der Waals surface area contributed by atoms with Crippen molar-refractivity contribution in [2.24, 2.45) is 5.92 Å². The van der Waals surface area contributed by atoms with Crippen LogP contribution in [0.25, 0.3) is 0 Å². The number of carbonyl (C=O) groups is 1. The second-order valence-electron chi connectivity index (χ2n) is 5.87. The van der Waals surface area contributed by atoms with E-state index < -0.39 is 5.54 Å². The number of esters is 1. The Morgan fingerprint density at radius 3 is 2.52 bits per heavy atom. The van der Waals surface area contributed by atoms with Crippen molar-refractivity contribution >= 4 is 5.97 Å². The average Bonchev–Trinajstić information content (AvgIpc) is 2.61. The minimum atomic E-state index is -0.687. The molecule has 1 aromatic carbocycles. The Hall–Kier alpha value is -1.90. The van der Waals surface area contributed by atoms with E-state index in [0.29, 0.717) is 38.8 Å². The van der Waals surface area contributed by atoms with Crippen LogP contribution in [0.2, 0.25) is 0 Å². The predicted molar refractivity (Wildman–Crippen MR) is 85.9 cm³/mol. The van der Waals surface area contributed by atoms with Crippen LogP contribution < -0.4 is 0 Å². The summed E-state index contributed by atoms with van der Waals surface area (Å²) >= 11 is 0. The summed E-state index contributed by atoms with van der Waals surface area (Å²) in [7, 11) is 1.60. The van der Waals surface area contributed by atoms with Crippen LogP contribution in [-0.4, -0.2) is 30.3 Å². The Bertz CT molecular complexity index is 545. The molecule has 0 N–H and O–H groups in total. The van der Waals surface area contributed by atoms with Gasteiger partial charge in [0.2, 0.25) is 0 Å². The summed E-state index contributed by atoms with van der Waals surface area (Å²) in [6, 6.07) is 12.4. The molecule has 124 valence electrons. The highest BCUT2D eigenvalue weighted by Gasteiger charge is 2.43. The van der Waals surface area contributed by atoms with Gasteiger partial charge in [-0.1, -0.05) is 30.3 Å². The van der Waals surface area contributed by atoms with Crippen LogP contribution in [0.4, 0.5) is 0 Å². The molecule has 1 aliphatic rings. The third-order valence-electron chi connectivity index (χ3n) is 4.51. The van der Waals surface area contributed by atoms with E-state index in [4.69, 9.17) is 9.57 Å². The molecule has 5 nitrogen and oxygen atoms in total. The summed E-state index contributed by atoms with van der Waals surface area (Å²) in [6.07, 6.45) is 2.52. The maximum absolute atomic E-state index is 11.9. The number of hydrogen-bond donors (Lipinski definition) is 0. The van der Waals surface area contributed by atoms with E-state index in [1.54, 1.807) is 12.2 Å². The molecular formula is C18H24N2O3. The number of hydroxylamine groups is 2. The summed E-state index contributed by atoms with van der Waals surface area (Å²) < 4.78 is 5.10. The van der Waals surface area contributed by atoms with Crippen LogP contribution in [0.5, 0.6) is 0 Å². The predicted octanol–water partition coefficient (Wildman–Crippen LogP) is 3.07. The van der Waals surface area contributed by atoms with Crippen LogP contribution in [0, 0.1) is 17.2 Å². The van der Waals surface area contributed by atoms with Crippen LogP contribution >= 0.6 is 0 Å². The van der Waals surface area contributed by atoms with Gasteiger partial charge in [-0.15, -0.1) is 0 Å². The molecule has 1 fully saturated rings. The van der Waals surface area contributed by atoms with Crippen molar-refractivity contribution in [3.05, 3.63) is 35.9 Å². The molecule has 0 radical (unpaired) electrons. The molecule has 1 saturated carbocycles. The largest absolute Gasteiger partial charge is 0.466 e. The molecule has 0 spiro atoms. The van der Waals surface area contributed by atoms with Crippen molar-refractivity contribution in [2.75, 3.05) is 13.7 Å². The molecule has 1 aliphatic carbocycles. The number of hydrogen-bond acceptors (Lipinski definition) is 5. The van der Waals surface area contributed by atoms with Crippen LogP contribution in [0.1, 0.15) is 38.2 Å². The van der Waals surface area contributed by atoms with Gasteiger partial charge in [0.25, 0.3) is 0 Å². The summed E-state index contributed by atoms with van der Waals surface area (Å²) in [5, 5.41) is 11.5. The van der Waals surface area contributed by atoms with Crippen molar-refractivity contribution in [1.29, 1.82) is 5.26 Å². The van der Waals surface area contributed by atoms with Crippen molar-refractivity contribution in [3.8, 4) is 6.07 Å². The topological polar surface area (TPSA) is 62.6 Å². The SMILES string of the molecule is CCOC(=O)C1CCC(C#N)(N(Cc2ccccc2)OC)CC1. The maximum atomic E-state index is 11.9. The van der Waals surface area contributed by atoms with E-state index in [0.717, 1.165) is 5.56 Å². The molecule has 2 rings (SSSR count). The lowest BCUT2D eigenvalue weighted by atomic mass is 9.77. The van der Waals surface area contributed by atoms with Gasteiger partial charge >= 0.3 is 5.97 Å². The lowest BCUT2D eigenvalue weighted by Crippen LogP contribution is -2.49. The molecule has 0 bridgehead atoms. The lowest BCUT2D eigenvalue weighted by molar-refractivity contribution is -0.204. The van der Waals surface area contributed by atoms with Crippen molar-refractivity contribution in [1.82, 2.24) is 5.06 Å². The van der Waals surface area contributed by atoms with Gasteiger partial charge in [-0.05, 0) is 38.2 Å². The van der Waals surface area contributed by atoms with Gasteiger partial charge in [0, 0.05) is 0 Å². The number of carbonyl (C=O) groups excluding carboxylic acids is 1. The average molecular weight is 316 g/mol. The molecule has 0 amide bonds. The van der Waals surface area contributed by atoms with E-state index in [2.05, 4.69) is 6.07 Å². The van der Waals surface area contributed by atoms with Crippen LogP contribution in [-0.2, 0) is 20.9 Å². The zero-order chi connectivity index (χ0) is 16.7. The smallest absolute Gasteiger partial charge is 0.308 e. The van der Waals surface area contributed by atoms with Gasteiger partial charge in [-0.2, -0.15) is 10.3 Å². The minimum Gasteiger partial charge on any atom is -0.466 e. The fourth-order valence-corrected chi connectivity index (χ4v) is 3.15. The molecule has 23 heavy (non-hydrogen) atoms. The second kappa shape index (κ2) is 8.09. The fourth-order valence-electron chi connectivity index (χ4n) is 3.15. The number of nitrogens with zero attached hydrogens (tertiary/aromatic N) is 2. The van der Waals surface area contributed by atoms with Crippen LogP contribution in [0.3, 0.4) is 0 Å². The maximum Gasteiger partial charge on any atom is 0.308 e. The third kappa shape index (κ3) is 4.10. The van der Waals surface area contributed by atoms with E-state index in [1.807, 2.05) is 37.3 Å². The highest BCUT2D eigenvalue weighted by Crippen LogP contribution is 2.37. The summed E-state index contributed by atoms with van der Waals surface area (Å²) in [6.45, 7) is 2.76. The third-order valence-corrected chi connectivity index (χ3v) is 4.51. The van der Waals surface area contributed by atoms with Gasteiger partial charge in [-0.3, -0.25) is 4.79 Å². The van der Waals surface area contributed by atoms with E-state index >= 15 is 0 Å². The van der Waals surface area contributed by atoms with Gasteiger partial charge in [-0.25, -0.2) is 0 Å². The first-order valence-corrected chi connectivity index (χ1v) is 8.08. The molecular weight excluding hydrogens is 292 g/mol. The Morgan fingerprint density at radius 1 is 1.35 bits per heavy atom. The molecule has 0 heterocycles. The fraction of sp³-hybridized carbons (Fsp3) is 0.556. The van der Waals surface area contributed by atoms with Gasteiger partial charge in [0.15, 0.2) is 0 Å². The Balaban J connectivity index is 2.06. The Labute approximate surface area is 137 Å². The first-order chi connectivity index (χ1) is 11.1. The number of benzene rings is 1. The zero-order valence-electron chi connectivity index (χ0n) is 13.8. The minimum absolute atomic E-state index is 0.105. The highest BCUT2D eigenvalue weighted by atomic mass is 16.7. The van der Waals surface area contributed by atoms with Crippen molar-refractivity contribution < 1.29 is 14.4 Å². The Kier molecular flexibility index (Phi) is 6.14. The molecule has 0 aromatic heterocycles. The first kappa shape index (κ1) is 17.5. The quantitative estimate of drug-likeness (QED) is 0.596. The number of rotatable bonds is 6. The first-order valence-electron chi connectivity index (χ1n) is 8.08. The highest BCUT2D eigenvalue weighted by molar-refractivity contribution is 5.72. The molecule has 1 aromatic rings. The molecule has 0 aliphatic heterocycles. The van der Waals surface area contributed by atoms with Crippen molar-refractivity contribution in [2.45, 2.75) is 44.7 Å². The molecule has 0 atom stereocenters. The summed E-state index contributed by atoms with van der Waals surface area (Å²) in [4.78, 5) is 17.4. The van der Waals surface area contributed by atoms with E-state index in [-0.39, 0.29) is 11.9 Å². The zero-order valence-corrected chi connectivity index (χ0v) is 13.8.